The van der Waals surface area contributed by atoms with E-state index in [1.807, 2.05) is 18.5 Å². The molecule has 0 bridgehead atoms. The van der Waals surface area contributed by atoms with Gasteiger partial charge in [-0.3, -0.25) is 0 Å². The van der Waals surface area contributed by atoms with Gasteiger partial charge < -0.3 is 19.6 Å². The lowest BCUT2D eigenvalue weighted by Gasteiger charge is -2.38. The fourth-order valence-corrected chi connectivity index (χ4v) is 3.32. The van der Waals surface area contributed by atoms with Crippen LogP contribution in [0.25, 0.3) is 0 Å². The highest BCUT2D eigenvalue weighted by Crippen LogP contribution is 2.26. The standard InChI is InChI=1S/C18H22N4O2/c1-24-17-10-22(11-17)18-19-7-16(8-20-18)21-5-4-14-3-2-13(12-23)6-15(14)9-21/h2-3,6-8,17,23H,4-5,9-12H2,1H3. The minimum atomic E-state index is 0.0867. The third kappa shape index (κ3) is 2.83. The smallest absolute Gasteiger partial charge is 0.225 e. The Hall–Kier alpha value is -2.18. The molecule has 0 spiro atoms. The Bertz CT molecular complexity index is 713. The first-order valence-electron chi connectivity index (χ1n) is 8.33. The Morgan fingerprint density at radius 3 is 2.67 bits per heavy atom. The van der Waals surface area contributed by atoms with E-state index >= 15 is 0 Å². The maximum atomic E-state index is 9.32. The Morgan fingerprint density at radius 2 is 1.96 bits per heavy atom. The molecule has 6 nitrogen and oxygen atoms in total. The van der Waals surface area contributed by atoms with Crippen LogP contribution in [0.15, 0.2) is 30.6 Å². The molecule has 0 unspecified atom stereocenters. The van der Waals surface area contributed by atoms with E-state index in [4.69, 9.17) is 4.74 Å². The molecular weight excluding hydrogens is 304 g/mol. The molecule has 1 aromatic heterocycles. The number of nitrogens with zero attached hydrogens (tertiary/aromatic N) is 4. The summed E-state index contributed by atoms with van der Waals surface area (Å²) in [5.74, 6) is 0.770. The first-order valence-corrected chi connectivity index (χ1v) is 8.33. The average molecular weight is 326 g/mol. The summed E-state index contributed by atoms with van der Waals surface area (Å²) in [4.78, 5) is 13.4. The maximum absolute atomic E-state index is 9.32. The van der Waals surface area contributed by atoms with E-state index in [1.54, 1.807) is 7.11 Å². The van der Waals surface area contributed by atoms with Crippen LogP contribution in [0.2, 0.25) is 0 Å². The van der Waals surface area contributed by atoms with E-state index in [-0.39, 0.29) is 6.61 Å². The van der Waals surface area contributed by atoms with Crippen molar-refractivity contribution in [1.82, 2.24) is 9.97 Å². The molecule has 1 aromatic carbocycles. The van der Waals surface area contributed by atoms with Crippen LogP contribution in [0.5, 0.6) is 0 Å². The predicted molar refractivity (Wildman–Crippen MR) is 92.2 cm³/mol. The van der Waals surface area contributed by atoms with Gasteiger partial charge in [0, 0.05) is 33.3 Å². The van der Waals surface area contributed by atoms with Crippen LogP contribution in [0.4, 0.5) is 11.6 Å². The molecule has 0 atom stereocenters. The number of ether oxygens (including phenoxy) is 1. The van der Waals surface area contributed by atoms with E-state index < -0.39 is 0 Å². The summed E-state index contributed by atoms with van der Waals surface area (Å²) in [5.41, 5.74) is 4.66. The summed E-state index contributed by atoms with van der Waals surface area (Å²) >= 11 is 0. The van der Waals surface area contributed by atoms with Crippen molar-refractivity contribution in [2.45, 2.75) is 25.7 Å². The summed E-state index contributed by atoms with van der Waals surface area (Å²) < 4.78 is 5.29. The predicted octanol–water partition coefficient (Wildman–Crippen LogP) is 1.37. The molecule has 2 aliphatic rings. The second kappa shape index (κ2) is 6.37. The van der Waals surface area contributed by atoms with E-state index in [2.05, 4.69) is 31.9 Å². The molecule has 6 heteroatoms. The van der Waals surface area contributed by atoms with Gasteiger partial charge >= 0.3 is 0 Å². The van der Waals surface area contributed by atoms with Crippen LogP contribution in [-0.2, 0) is 24.3 Å². The zero-order valence-corrected chi connectivity index (χ0v) is 13.9. The quantitative estimate of drug-likeness (QED) is 0.916. The minimum absolute atomic E-state index is 0.0867. The zero-order valence-electron chi connectivity index (χ0n) is 13.9. The van der Waals surface area contributed by atoms with Crippen LogP contribution in [-0.4, -0.2) is 47.9 Å². The van der Waals surface area contributed by atoms with Crippen LogP contribution in [0.1, 0.15) is 16.7 Å². The summed E-state index contributed by atoms with van der Waals surface area (Å²) in [6, 6.07) is 6.24. The summed E-state index contributed by atoms with van der Waals surface area (Å²) in [5, 5.41) is 9.32. The molecule has 3 heterocycles. The highest BCUT2D eigenvalue weighted by atomic mass is 16.5. The molecule has 2 aliphatic heterocycles. The molecule has 0 amide bonds. The van der Waals surface area contributed by atoms with Crippen molar-refractivity contribution in [2.75, 3.05) is 36.5 Å². The molecule has 126 valence electrons. The normalized spacial score (nSPS) is 17.6. The molecule has 1 fully saturated rings. The third-order valence-electron chi connectivity index (χ3n) is 4.92. The highest BCUT2D eigenvalue weighted by molar-refractivity contribution is 5.49. The van der Waals surface area contributed by atoms with Gasteiger partial charge in [0.1, 0.15) is 0 Å². The summed E-state index contributed by atoms with van der Waals surface area (Å²) in [7, 11) is 1.74. The van der Waals surface area contributed by atoms with E-state index in [0.717, 1.165) is 49.8 Å². The van der Waals surface area contributed by atoms with Crippen LogP contribution < -0.4 is 9.80 Å². The number of fused-ring (bicyclic) bond motifs is 1. The van der Waals surface area contributed by atoms with Crippen molar-refractivity contribution in [3.8, 4) is 0 Å². The Balaban J connectivity index is 1.46. The zero-order chi connectivity index (χ0) is 16.5. The van der Waals surface area contributed by atoms with Crippen molar-refractivity contribution in [2.24, 2.45) is 0 Å². The largest absolute Gasteiger partial charge is 0.392 e. The SMILES string of the molecule is COC1CN(c2ncc(N3CCc4ccc(CO)cc4C3)cn2)C1. The minimum Gasteiger partial charge on any atom is -0.392 e. The van der Waals surface area contributed by atoms with Gasteiger partial charge in [-0.1, -0.05) is 18.2 Å². The van der Waals surface area contributed by atoms with Gasteiger partial charge in [-0.2, -0.15) is 0 Å². The van der Waals surface area contributed by atoms with Gasteiger partial charge in [-0.25, -0.2) is 9.97 Å². The monoisotopic (exact) mass is 326 g/mol. The number of hydrogen-bond donors (Lipinski definition) is 1. The van der Waals surface area contributed by atoms with Crippen LogP contribution >= 0.6 is 0 Å². The van der Waals surface area contributed by atoms with E-state index in [1.165, 1.54) is 11.1 Å². The summed E-state index contributed by atoms with van der Waals surface area (Å²) in [6.07, 6.45) is 5.12. The molecule has 2 aromatic rings. The lowest BCUT2D eigenvalue weighted by Crippen LogP contribution is -2.52. The summed E-state index contributed by atoms with van der Waals surface area (Å²) in [6.45, 7) is 3.60. The third-order valence-corrected chi connectivity index (χ3v) is 4.92. The molecule has 0 saturated carbocycles. The molecule has 0 aliphatic carbocycles. The van der Waals surface area contributed by atoms with Gasteiger partial charge in [-0.05, 0) is 23.1 Å². The number of aromatic nitrogens is 2. The van der Waals surface area contributed by atoms with Crippen molar-refractivity contribution >= 4 is 11.6 Å². The first kappa shape index (κ1) is 15.4. The second-order valence-corrected chi connectivity index (χ2v) is 6.44. The molecule has 0 radical (unpaired) electrons. The number of benzene rings is 1. The fourth-order valence-electron chi connectivity index (χ4n) is 3.32. The number of rotatable bonds is 4. The van der Waals surface area contributed by atoms with Crippen molar-refractivity contribution in [1.29, 1.82) is 0 Å². The maximum Gasteiger partial charge on any atom is 0.225 e. The van der Waals surface area contributed by atoms with Crippen LogP contribution in [0.3, 0.4) is 0 Å². The number of methoxy groups -OCH3 is 1. The van der Waals surface area contributed by atoms with Crippen molar-refractivity contribution < 1.29 is 9.84 Å². The Labute approximate surface area is 141 Å². The van der Waals surface area contributed by atoms with Crippen molar-refractivity contribution in [3.05, 3.63) is 47.3 Å². The van der Waals surface area contributed by atoms with Gasteiger partial charge in [0.15, 0.2) is 0 Å². The fraction of sp³-hybridized carbons (Fsp3) is 0.444. The lowest BCUT2D eigenvalue weighted by molar-refractivity contribution is 0.0778. The molecule has 4 rings (SSSR count). The Morgan fingerprint density at radius 1 is 1.17 bits per heavy atom. The molecule has 1 saturated heterocycles. The highest BCUT2D eigenvalue weighted by Gasteiger charge is 2.28. The van der Waals surface area contributed by atoms with Gasteiger partial charge in [0.05, 0.1) is 30.8 Å². The molecule has 1 N–H and O–H groups in total. The Kier molecular flexibility index (Phi) is 4.08. The van der Waals surface area contributed by atoms with Gasteiger partial charge in [-0.15, -0.1) is 0 Å². The number of aliphatic hydroxyl groups excluding tert-OH is 1. The van der Waals surface area contributed by atoms with Crippen molar-refractivity contribution in [3.63, 3.8) is 0 Å². The first-order chi connectivity index (χ1) is 11.8. The lowest BCUT2D eigenvalue weighted by atomic mass is 9.97. The van der Waals surface area contributed by atoms with Crippen LogP contribution in [0, 0.1) is 0 Å². The number of aliphatic hydroxyl groups is 1. The molecular formula is C18H22N4O2. The van der Waals surface area contributed by atoms with Gasteiger partial charge in [0.2, 0.25) is 5.95 Å². The second-order valence-electron chi connectivity index (χ2n) is 6.44. The average Bonchev–Trinajstić information content (AvgIpc) is 2.60. The molecule has 24 heavy (non-hydrogen) atoms. The van der Waals surface area contributed by atoms with E-state index in [9.17, 15) is 5.11 Å². The van der Waals surface area contributed by atoms with Gasteiger partial charge in [0.25, 0.3) is 0 Å². The number of hydrogen-bond acceptors (Lipinski definition) is 6. The topological polar surface area (TPSA) is 61.7 Å². The number of anilines is 2. The van der Waals surface area contributed by atoms with E-state index in [0.29, 0.717) is 6.10 Å².